The molecule has 0 aromatic carbocycles. The van der Waals surface area contributed by atoms with Crippen LogP contribution in [0.25, 0.3) is 5.65 Å². The second-order valence-electron chi connectivity index (χ2n) is 2.49. The van der Waals surface area contributed by atoms with Crippen molar-refractivity contribution in [3.63, 3.8) is 0 Å². The summed E-state index contributed by atoms with van der Waals surface area (Å²) < 4.78 is 24.1. The summed E-state index contributed by atoms with van der Waals surface area (Å²) in [6.45, 7) is 0. The summed E-state index contributed by atoms with van der Waals surface area (Å²) in [6.07, 6.45) is 4.23. The van der Waals surface area contributed by atoms with Crippen LogP contribution in [0.4, 0.5) is 0 Å². The minimum absolute atomic E-state index is 0.0910. The third kappa shape index (κ3) is 1.62. The fourth-order valence-corrected chi connectivity index (χ4v) is 2.16. The normalized spacial score (nSPS) is 12.1. The molecule has 0 amide bonds. The van der Waals surface area contributed by atoms with Crippen LogP contribution in [0.1, 0.15) is 0 Å². The fraction of sp³-hybridized carbons (Fsp3) is 0. The lowest BCUT2D eigenvalue weighted by molar-refractivity contribution is 0.610. The van der Waals surface area contributed by atoms with Crippen molar-refractivity contribution in [1.82, 2.24) is 14.6 Å². The highest BCUT2D eigenvalue weighted by molar-refractivity contribution is 9.10. The molecule has 14 heavy (non-hydrogen) atoms. The quantitative estimate of drug-likeness (QED) is 0.747. The second-order valence-corrected chi connectivity index (χ2v) is 5.94. The molecule has 2 rings (SSSR count). The van der Waals surface area contributed by atoms with Gasteiger partial charge in [0.2, 0.25) is 0 Å². The fourth-order valence-electron chi connectivity index (χ4n) is 1.00. The Morgan fingerprint density at radius 1 is 1.43 bits per heavy atom. The molecule has 0 bridgehead atoms. The summed E-state index contributed by atoms with van der Waals surface area (Å²) >= 11 is 3.19. The number of nitrogens with zero attached hydrogens (tertiary/aromatic N) is 3. The van der Waals surface area contributed by atoms with E-state index in [1.54, 1.807) is 6.20 Å². The lowest BCUT2D eigenvalue weighted by Gasteiger charge is -1.94. The third-order valence-corrected chi connectivity index (χ3v) is 3.28. The topological polar surface area (TPSA) is 64.3 Å². The summed E-state index contributed by atoms with van der Waals surface area (Å²) in [4.78, 5) is 3.81. The summed E-state index contributed by atoms with van der Waals surface area (Å²) in [5.41, 5.74) is 0.211. The van der Waals surface area contributed by atoms with Crippen molar-refractivity contribution in [2.45, 2.75) is 4.90 Å². The predicted molar refractivity (Wildman–Crippen MR) is 53.7 cm³/mol. The Kier molecular flexibility index (Phi) is 2.24. The van der Waals surface area contributed by atoms with Crippen LogP contribution in [0.5, 0.6) is 0 Å². The summed E-state index contributed by atoms with van der Waals surface area (Å²) in [5.74, 6) is 0. The van der Waals surface area contributed by atoms with Crippen LogP contribution in [0.2, 0.25) is 0 Å². The van der Waals surface area contributed by atoms with E-state index in [0.717, 1.165) is 6.20 Å². The number of halogens is 2. The van der Waals surface area contributed by atoms with Gasteiger partial charge in [-0.15, -0.1) is 0 Å². The summed E-state index contributed by atoms with van der Waals surface area (Å²) in [7, 11) is 1.40. The number of aromatic nitrogens is 3. The van der Waals surface area contributed by atoms with Gasteiger partial charge in [-0.2, -0.15) is 5.10 Å². The smallest absolute Gasteiger partial charge is 0.235 e. The minimum atomic E-state index is -3.79. The number of fused-ring (bicyclic) bond motifs is 1. The van der Waals surface area contributed by atoms with Gasteiger partial charge in [0.15, 0.2) is 5.65 Å². The van der Waals surface area contributed by atoms with Gasteiger partial charge in [0.1, 0.15) is 4.90 Å². The van der Waals surface area contributed by atoms with Gasteiger partial charge in [0, 0.05) is 23.1 Å². The van der Waals surface area contributed by atoms with Crippen molar-refractivity contribution < 1.29 is 8.42 Å². The van der Waals surface area contributed by atoms with Gasteiger partial charge in [0.05, 0.1) is 10.7 Å². The average Bonchev–Trinajstić information content (AvgIpc) is 2.45. The maximum atomic E-state index is 11.1. The molecule has 74 valence electrons. The van der Waals surface area contributed by atoms with E-state index in [-0.39, 0.29) is 10.5 Å². The van der Waals surface area contributed by atoms with Crippen LogP contribution < -0.4 is 0 Å². The predicted octanol–water partition coefficient (Wildman–Crippen LogP) is 1.42. The van der Waals surface area contributed by atoms with Gasteiger partial charge in [-0.3, -0.25) is 0 Å². The highest BCUT2D eigenvalue weighted by atomic mass is 79.9. The Balaban J connectivity index is 2.83. The van der Waals surface area contributed by atoms with E-state index in [4.69, 9.17) is 10.7 Å². The second kappa shape index (κ2) is 3.18. The molecule has 0 saturated heterocycles. The molecule has 8 heteroatoms. The first-order chi connectivity index (χ1) is 6.48. The molecule has 0 spiro atoms. The van der Waals surface area contributed by atoms with Crippen LogP contribution >= 0.6 is 26.6 Å². The molecule has 2 aromatic heterocycles. The van der Waals surface area contributed by atoms with Crippen LogP contribution in [-0.2, 0) is 9.05 Å². The van der Waals surface area contributed by atoms with E-state index >= 15 is 0 Å². The maximum absolute atomic E-state index is 11.1. The standard InChI is InChI=1S/C6H3BrClN3O2S/c7-4-1-9-6-5(14(8,12)13)2-10-11(6)3-4/h1-3H. The molecule has 0 aliphatic heterocycles. The monoisotopic (exact) mass is 295 g/mol. The van der Waals surface area contributed by atoms with Crippen molar-refractivity contribution in [1.29, 1.82) is 0 Å². The lowest BCUT2D eigenvalue weighted by atomic mass is 10.6. The molecule has 5 nitrogen and oxygen atoms in total. The summed E-state index contributed by atoms with van der Waals surface area (Å²) in [5, 5.41) is 3.81. The van der Waals surface area contributed by atoms with E-state index in [2.05, 4.69) is 26.0 Å². The van der Waals surface area contributed by atoms with Crippen LogP contribution in [0.3, 0.4) is 0 Å². The minimum Gasteiger partial charge on any atom is -0.235 e. The molecular weight excluding hydrogens is 294 g/mol. The first-order valence-electron chi connectivity index (χ1n) is 3.42. The van der Waals surface area contributed by atoms with E-state index in [1.807, 2.05) is 0 Å². The molecular formula is C6H3BrClN3O2S. The third-order valence-electron chi connectivity index (χ3n) is 1.56. The highest BCUT2D eigenvalue weighted by Gasteiger charge is 2.17. The van der Waals surface area contributed by atoms with E-state index < -0.39 is 9.05 Å². The van der Waals surface area contributed by atoms with E-state index in [1.165, 1.54) is 10.7 Å². The average molecular weight is 297 g/mol. The molecule has 2 aromatic rings. The first kappa shape index (κ1) is 9.88. The van der Waals surface area contributed by atoms with Gasteiger partial charge < -0.3 is 0 Å². The van der Waals surface area contributed by atoms with Crippen LogP contribution in [0.15, 0.2) is 28.0 Å². The molecule has 0 fully saturated rings. The number of hydrogen-bond donors (Lipinski definition) is 0. The van der Waals surface area contributed by atoms with Crippen LogP contribution in [-0.4, -0.2) is 23.0 Å². The first-order valence-corrected chi connectivity index (χ1v) is 6.52. The number of rotatable bonds is 1. The Hall–Kier alpha value is -0.660. The van der Waals surface area contributed by atoms with Crippen molar-refractivity contribution in [2.75, 3.05) is 0 Å². The van der Waals surface area contributed by atoms with Gasteiger partial charge in [0.25, 0.3) is 9.05 Å². The summed E-state index contributed by atoms with van der Waals surface area (Å²) in [6, 6.07) is 0. The maximum Gasteiger partial charge on any atom is 0.266 e. The molecule has 2 heterocycles. The Morgan fingerprint density at radius 2 is 2.14 bits per heavy atom. The molecule has 0 unspecified atom stereocenters. The zero-order valence-electron chi connectivity index (χ0n) is 6.55. The van der Waals surface area contributed by atoms with Crippen LogP contribution in [0, 0.1) is 0 Å². The Morgan fingerprint density at radius 3 is 2.79 bits per heavy atom. The Labute approximate surface area is 92.3 Å². The van der Waals surface area contributed by atoms with Crippen molar-refractivity contribution in [3.8, 4) is 0 Å². The number of hydrogen-bond acceptors (Lipinski definition) is 4. The van der Waals surface area contributed by atoms with Crippen molar-refractivity contribution in [2.24, 2.45) is 0 Å². The van der Waals surface area contributed by atoms with E-state index in [0.29, 0.717) is 4.47 Å². The van der Waals surface area contributed by atoms with Gasteiger partial charge >= 0.3 is 0 Å². The Bertz CT molecular complexity index is 594. The molecule has 0 aliphatic carbocycles. The zero-order valence-corrected chi connectivity index (χ0v) is 9.71. The largest absolute Gasteiger partial charge is 0.266 e. The molecule has 0 aliphatic rings. The van der Waals surface area contributed by atoms with E-state index in [9.17, 15) is 8.42 Å². The molecule has 0 saturated carbocycles. The van der Waals surface area contributed by atoms with Crippen molar-refractivity contribution >= 4 is 41.3 Å². The van der Waals surface area contributed by atoms with Crippen molar-refractivity contribution in [3.05, 3.63) is 23.1 Å². The molecule has 0 N–H and O–H groups in total. The van der Waals surface area contributed by atoms with Gasteiger partial charge in [-0.05, 0) is 15.9 Å². The van der Waals surface area contributed by atoms with Gasteiger partial charge in [-0.25, -0.2) is 17.9 Å². The van der Waals surface area contributed by atoms with Gasteiger partial charge in [-0.1, -0.05) is 0 Å². The zero-order chi connectivity index (χ0) is 10.3. The lowest BCUT2D eigenvalue weighted by Crippen LogP contribution is -1.93. The highest BCUT2D eigenvalue weighted by Crippen LogP contribution is 2.19. The molecule has 0 atom stereocenters. The SMILES string of the molecule is O=S(=O)(Cl)c1cnn2cc(Br)cnc12. The molecule has 0 radical (unpaired) electrons.